The number of non-ortho nitro benzene ring substituents is 1. The second-order valence-electron chi connectivity index (χ2n) is 3.09. The predicted molar refractivity (Wildman–Crippen MR) is 62.5 cm³/mol. The topological polar surface area (TPSA) is 81.2 Å². The van der Waals surface area contributed by atoms with Crippen LogP contribution in [-0.2, 0) is 0 Å². The van der Waals surface area contributed by atoms with Crippen molar-refractivity contribution < 1.29 is 4.92 Å². The third-order valence-electron chi connectivity index (χ3n) is 1.84. The first-order valence-corrected chi connectivity index (χ1v) is 4.34. The molecule has 15 heavy (non-hydrogen) atoms. The monoisotopic (exact) mass is 231 g/mol. The summed E-state index contributed by atoms with van der Waals surface area (Å²) in [4.78, 5) is 9.94. The molecule has 0 radical (unpaired) electrons. The van der Waals surface area contributed by atoms with Gasteiger partial charge in [-0.25, -0.2) is 0 Å². The predicted octanol–water partition coefficient (Wildman–Crippen LogP) is 1.78. The fourth-order valence-electron chi connectivity index (χ4n) is 1.02. The quantitative estimate of drug-likeness (QED) is 0.611. The van der Waals surface area contributed by atoms with Gasteiger partial charge in [0, 0.05) is 30.4 Å². The van der Waals surface area contributed by atoms with E-state index in [4.69, 9.17) is 5.73 Å². The molecule has 0 heterocycles. The summed E-state index contributed by atoms with van der Waals surface area (Å²) in [6.45, 7) is 2.47. The van der Waals surface area contributed by atoms with Crippen LogP contribution in [0.4, 0.5) is 11.4 Å². The molecule has 0 aliphatic heterocycles. The molecule has 0 amide bonds. The largest absolute Gasteiger partial charge is 0.381 e. The summed E-state index contributed by atoms with van der Waals surface area (Å²) in [6, 6.07) is 6.43. The number of benzene rings is 1. The summed E-state index contributed by atoms with van der Waals surface area (Å²) >= 11 is 0. The molecule has 84 valence electrons. The van der Waals surface area contributed by atoms with Crippen LogP contribution in [0.2, 0.25) is 0 Å². The highest BCUT2D eigenvalue weighted by molar-refractivity contribution is 5.85. The SMILES string of the molecule is CC(CN)Nc1ccc([N+](=O)[O-])cc1.Cl. The van der Waals surface area contributed by atoms with Crippen molar-refractivity contribution in [1.29, 1.82) is 0 Å². The Kier molecular flexibility index (Phi) is 5.66. The molecule has 6 heteroatoms. The van der Waals surface area contributed by atoms with Gasteiger partial charge in [-0.15, -0.1) is 12.4 Å². The summed E-state index contributed by atoms with van der Waals surface area (Å²) in [5.74, 6) is 0. The molecule has 5 nitrogen and oxygen atoms in total. The number of rotatable bonds is 4. The first kappa shape index (κ1) is 13.7. The number of halogens is 1. The third-order valence-corrected chi connectivity index (χ3v) is 1.84. The zero-order chi connectivity index (χ0) is 10.6. The molecule has 1 aromatic rings. The van der Waals surface area contributed by atoms with Gasteiger partial charge in [0.05, 0.1) is 4.92 Å². The smallest absolute Gasteiger partial charge is 0.269 e. The third kappa shape index (κ3) is 4.14. The molecule has 0 saturated heterocycles. The van der Waals surface area contributed by atoms with Crippen LogP contribution in [0, 0.1) is 10.1 Å². The van der Waals surface area contributed by atoms with Crippen LogP contribution in [0.15, 0.2) is 24.3 Å². The van der Waals surface area contributed by atoms with E-state index in [-0.39, 0.29) is 24.1 Å². The molecular weight excluding hydrogens is 218 g/mol. The van der Waals surface area contributed by atoms with Gasteiger partial charge in [-0.1, -0.05) is 0 Å². The minimum absolute atomic E-state index is 0. The summed E-state index contributed by atoms with van der Waals surface area (Å²) in [5, 5.41) is 13.5. The van der Waals surface area contributed by atoms with E-state index in [1.165, 1.54) is 12.1 Å². The lowest BCUT2D eigenvalue weighted by atomic mass is 10.2. The Hall–Kier alpha value is -1.33. The minimum Gasteiger partial charge on any atom is -0.381 e. The highest BCUT2D eigenvalue weighted by atomic mass is 35.5. The lowest BCUT2D eigenvalue weighted by Gasteiger charge is -2.11. The lowest BCUT2D eigenvalue weighted by molar-refractivity contribution is -0.384. The number of anilines is 1. The lowest BCUT2D eigenvalue weighted by Crippen LogP contribution is -2.24. The number of nitro groups is 1. The number of hydrogen-bond donors (Lipinski definition) is 2. The minimum atomic E-state index is -0.420. The van der Waals surface area contributed by atoms with E-state index in [1.54, 1.807) is 12.1 Å². The van der Waals surface area contributed by atoms with Crippen LogP contribution >= 0.6 is 12.4 Å². The highest BCUT2D eigenvalue weighted by Crippen LogP contribution is 2.15. The Labute approximate surface area is 94.2 Å². The molecule has 0 aliphatic rings. The average molecular weight is 232 g/mol. The van der Waals surface area contributed by atoms with Gasteiger partial charge in [-0.3, -0.25) is 10.1 Å². The maximum atomic E-state index is 10.4. The van der Waals surface area contributed by atoms with Gasteiger partial charge in [-0.2, -0.15) is 0 Å². The molecule has 1 atom stereocenters. The van der Waals surface area contributed by atoms with Gasteiger partial charge >= 0.3 is 0 Å². The first-order valence-electron chi connectivity index (χ1n) is 4.34. The van der Waals surface area contributed by atoms with Crippen molar-refractivity contribution in [2.45, 2.75) is 13.0 Å². The second kappa shape index (κ2) is 6.21. The van der Waals surface area contributed by atoms with Crippen LogP contribution in [0.5, 0.6) is 0 Å². The number of nitrogens with zero attached hydrogens (tertiary/aromatic N) is 1. The van der Waals surface area contributed by atoms with E-state index >= 15 is 0 Å². The molecular formula is C9H14ClN3O2. The van der Waals surface area contributed by atoms with Gasteiger partial charge in [0.2, 0.25) is 0 Å². The summed E-state index contributed by atoms with van der Waals surface area (Å²) in [5.41, 5.74) is 6.36. The molecule has 0 spiro atoms. The highest BCUT2D eigenvalue weighted by Gasteiger charge is 2.04. The standard InChI is InChI=1S/C9H13N3O2.ClH/c1-7(6-10)11-8-2-4-9(5-3-8)12(13)14;/h2-5,7,11H,6,10H2,1H3;1H. The van der Waals surface area contributed by atoms with E-state index in [9.17, 15) is 10.1 Å². The fourth-order valence-corrected chi connectivity index (χ4v) is 1.02. The van der Waals surface area contributed by atoms with E-state index in [0.29, 0.717) is 6.54 Å². The van der Waals surface area contributed by atoms with Gasteiger partial charge < -0.3 is 11.1 Å². The van der Waals surface area contributed by atoms with Crippen LogP contribution in [0.25, 0.3) is 0 Å². The Morgan fingerprint density at radius 2 is 2.00 bits per heavy atom. The molecule has 0 bridgehead atoms. The molecule has 3 N–H and O–H groups in total. The fraction of sp³-hybridized carbons (Fsp3) is 0.333. The average Bonchev–Trinajstić information content (AvgIpc) is 2.18. The van der Waals surface area contributed by atoms with Gasteiger partial charge in [0.25, 0.3) is 5.69 Å². The van der Waals surface area contributed by atoms with Crippen LogP contribution in [0.3, 0.4) is 0 Å². The number of nitrogens with one attached hydrogen (secondary N) is 1. The maximum absolute atomic E-state index is 10.4. The normalized spacial score (nSPS) is 11.3. The van der Waals surface area contributed by atoms with E-state index < -0.39 is 4.92 Å². The molecule has 1 rings (SSSR count). The van der Waals surface area contributed by atoms with E-state index in [1.807, 2.05) is 6.92 Å². The molecule has 0 aliphatic carbocycles. The van der Waals surface area contributed by atoms with Crippen LogP contribution in [0.1, 0.15) is 6.92 Å². The van der Waals surface area contributed by atoms with E-state index in [2.05, 4.69) is 5.32 Å². The van der Waals surface area contributed by atoms with Gasteiger partial charge in [0.15, 0.2) is 0 Å². The molecule has 0 aromatic heterocycles. The summed E-state index contributed by atoms with van der Waals surface area (Å²) < 4.78 is 0. The number of hydrogen-bond acceptors (Lipinski definition) is 4. The van der Waals surface area contributed by atoms with Crippen LogP contribution < -0.4 is 11.1 Å². The zero-order valence-corrected chi connectivity index (χ0v) is 9.16. The first-order chi connectivity index (χ1) is 6.63. The van der Waals surface area contributed by atoms with Crippen LogP contribution in [-0.4, -0.2) is 17.5 Å². The summed E-state index contributed by atoms with van der Waals surface area (Å²) in [7, 11) is 0. The van der Waals surface area contributed by atoms with Crippen molar-refractivity contribution >= 4 is 23.8 Å². The molecule has 0 fully saturated rings. The van der Waals surface area contributed by atoms with Gasteiger partial charge in [-0.05, 0) is 19.1 Å². The van der Waals surface area contributed by atoms with Crippen molar-refractivity contribution in [2.75, 3.05) is 11.9 Å². The number of nitrogens with two attached hydrogens (primary N) is 1. The maximum Gasteiger partial charge on any atom is 0.269 e. The van der Waals surface area contributed by atoms with Crippen molar-refractivity contribution in [2.24, 2.45) is 5.73 Å². The molecule has 1 aromatic carbocycles. The van der Waals surface area contributed by atoms with Gasteiger partial charge in [0.1, 0.15) is 0 Å². The molecule has 1 unspecified atom stereocenters. The van der Waals surface area contributed by atoms with Crippen molar-refractivity contribution in [3.8, 4) is 0 Å². The second-order valence-corrected chi connectivity index (χ2v) is 3.09. The molecule has 0 saturated carbocycles. The van der Waals surface area contributed by atoms with Crippen molar-refractivity contribution in [1.82, 2.24) is 0 Å². The Morgan fingerprint density at radius 3 is 2.40 bits per heavy atom. The Bertz CT molecular complexity index is 316. The Morgan fingerprint density at radius 1 is 1.47 bits per heavy atom. The van der Waals surface area contributed by atoms with E-state index in [0.717, 1.165) is 5.69 Å². The van der Waals surface area contributed by atoms with Crippen molar-refractivity contribution in [3.05, 3.63) is 34.4 Å². The van der Waals surface area contributed by atoms with Crippen molar-refractivity contribution in [3.63, 3.8) is 0 Å². The zero-order valence-electron chi connectivity index (χ0n) is 8.34. The Balaban J connectivity index is 0.00000196. The number of nitro benzene ring substituents is 1. The summed E-state index contributed by atoms with van der Waals surface area (Å²) in [6.07, 6.45) is 0.